The molecule has 0 saturated carbocycles. The molecule has 0 aliphatic carbocycles. The minimum Gasteiger partial charge on any atom is -0.341 e. The van der Waals surface area contributed by atoms with Gasteiger partial charge < -0.3 is 9.80 Å². The first-order valence-corrected chi connectivity index (χ1v) is 8.79. The molecule has 130 valence electrons. The lowest BCUT2D eigenvalue weighted by atomic mass is 10.1. The van der Waals surface area contributed by atoms with Gasteiger partial charge in [0.25, 0.3) is 0 Å². The van der Waals surface area contributed by atoms with Crippen LogP contribution in [0.25, 0.3) is 0 Å². The SMILES string of the molecule is CN(Cc1ccccc1F)C(=O)C1CC(=O)N(c2cccc(Br)c2)C1. The number of anilines is 1. The van der Waals surface area contributed by atoms with Crippen LogP contribution in [0.5, 0.6) is 0 Å². The molecule has 0 bridgehead atoms. The predicted molar refractivity (Wildman–Crippen MR) is 97.5 cm³/mol. The van der Waals surface area contributed by atoms with Crippen LogP contribution < -0.4 is 4.90 Å². The average Bonchev–Trinajstić information content (AvgIpc) is 2.98. The molecule has 1 aliphatic heterocycles. The maximum atomic E-state index is 13.8. The molecule has 3 rings (SSSR count). The summed E-state index contributed by atoms with van der Waals surface area (Å²) in [6.07, 6.45) is 0.174. The average molecular weight is 405 g/mol. The number of benzene rings is 2. The van der Waals surface area contributed by atoms with Crippen LogP contribution in [0.3, 0.4) is 0 Å². The summed E-state index contributed by atoms with van der Waals surface area (Å²) in [5, 5.41) is 0. The zero-order valence-electron chi connectivity index (χ0n) is 13.8. The van der Waals surface area contributed by atoms with Gasteiger partial charge in [0.15, 0.2) is 0 Å². The third-order valence-electron chi connectivity index (χ3n) is 4.34. The number of carbonyl (C=O) groups excluding carboxylic acids is 2. The van der Waals surface area contributed by atoms with Crippen LogP contribution in [0, 0.1) is 11.7 Å². The van der Waals surface area contributed by atoms with Gasteiger partial charge in [-0.15, -0.1) is 0 Å². The van der Waals surface area contributed by atoms with Gasteiger partial charge in [-0.25, -0.2) is 4.39 Å². The Morgan fingerprint density at radius 3 is 2.76 bits per heavy atom. The highest BCUT2D eigenvalue weighted by atomic mass is 79.9. The molecule has 1 atom stereocenters. The molecular formula is C19H18BrFN2O2. The van der Waals surface area contributed by atoms with Crippen molar-refractivity contribution in [2.45, 2.75) is 13.0 Å². The first-order valence-electron chi connectivity index (χ1n) is 8.00. The quantitative estimate of drug-likeness (QED) is 0.780. The zero-order chi connectivity index (χ0) is 18.0. The summed E-state index contributed by atoms with van der Waals surface area (Å²) in [5.41, 5.74) is 1.23. The fourth-order valence-corrected chi connectivity index (χ4v) is 3.43. The van der Waals surface area contributed by atoms with Crippen LogP contribution in [-0.4, -0.2) is 30.3 Å². The fraction of sp³-hybridized carbons (Fsp3) is 0.263. The summed E-state index contributed by atoms with van der Waals surface area (Å²) < 4.78 is 14.6. The topological polar surface area (TPSA) is 40.6 Å². The molecule has 1 fully saturated rings. The van der Waals surface area contributed by atoms with Gasteiger partial charge in [0.2, 0.25) is 11.8 Å². The number of rotatable bonds is 4. The fourth-order valence-electron chi connectivity index (χ4n) is 3.04. The van der Waals surface area contributed by atoms with Crippen LogP contribution in [0.4, 0.5) is 10.1 Å². The molecule has 4 nitrogen and oxygen atoms in total. The predicted octanol–water partition coefficient (Wildman–Crippen LogP) is 3.60. The zero-order valence-corrected chi connectivity index (χ0v) is 15.4. The second kappa shape index (κ2) is 7.35. The van der Waals surface area contributed by atoms with Gasteiger partial charge in [-0.2, -0.15) is 0 Å². The Morgan fingerprint density at radius 1 is 1.28 bits per heavy atom. The van der Waals surface area contributed by atoms with E-state index in [1.54, 1.807) is 30.1 Å². The summed E-state index contributed by atoms with van der Waals surface area (Å²) in [4.78, 5) is 28.1. The highest BCUT2D eigenvalue weighted by molar-refractivity contribution is 9.10. The molecule has 1 saturated heterocycles. The molecule has 0 aromatic heterocycles. The number of hydrogen-bond donors (Lipinski definition) is 0. The van der Waals surface area contributed by atoms with Crippen molar-refractivity contribution in [2.75, 3.05) is 18.5 Å². The molecule has 1 unspecified atom stereocenters. The number of amides is 2. The molecule has 0 spiro atoms. The van der Waals surface area contributed by atoms with Crippen LogP contribution in [0.1, 0.15) is 12.0 Å². The highest BCUT2D eigenvalue weighted by Gasteiger charge is 2.36. The van der Waals surface area contributed by atoms with Gasteiger partial charge >= 0.3 is 0 Å². The van der Waals surface area contributed by atoms with Gasteiger partial charge in [-0.3, -0.25) is 9.59 Å². The lowest BCUT2D eigenvalue weighted by Crippen LogP contribution is -2.34. The summed E-state index contributed by atoms with van der Waals surface area (Å²) in [7, 11) is 1.64. The monoisotopic (exact) mass is 404 g/mol. The van der Waals surface area contributed by atoms with E-state index in [9.17, 15) is 14.0 Å². The van der Waals surface area contributed by atoms with Gasteiger partial charge in [0.1, 0.15) is 5.82 Å². The van der Waals surface area contributed by atoms with Gasteiger partial charge in [0.05, 0.1) is 5.92 Å². The number of nitrogens with zero attached hydrogens (tertiary/aromatic N) is 2. The largest absolute Gasteiger partial charge is 0.341 e. The Balaban J connectivity index is 1.69. The lowest BCUT2D eigenvalue weighted by Gasteiger charge is -2.22. The van der Waals surface area contributed by atoms with Crippen molar-refractivity contribution in [3.05, 3.63) is 64.4 Å². The van der Waals surface area contributed by atoms with Gasteiger partial charge in [-0.05, 0) is 24.3 Å². The van der Waals surface area contributed by atoms with Crippen molar-refractivity contribution in [3.8, 4) is 0 Å². The minimum atomic E-state index is -0.414. The molecular weight excluding hydrogens is 387 g/mol. The molecule has 1 heterocycles. The molecule has 2 aromatic carbocycles. The molecule has 1 aliphatic rings. The normalized spacial score (nSPS) is 17.0. The van der Waals surface area contributed by atoms with Crippen LogP contribution >= 0.6 is 15.9 Å². The van der Waals surface area contributed by atoms with Crippen LogP contribution in [0.2, 0.25) is 0 Å². The van der Waals surface area contributed by atoms with Crippen LogP contribution in [0.15, 0.2) is 53.0 Å². The van der Waals surface area contributed by atoms with Crippen molar-refractivity contribution in [2.24, 2.45) is 5.92 Å². The van der Waals surface area contributed by atoms with E-state index >= 15 is 0 Å². The van der Waals surface area contributed by atoms with E-state index in [2.05, 4.69) is 15.9 Å². The first kappa shape index (κ1) is 17.6. The minimum absolute atomic E-state index is 0.0734. The summed E-state index contributed by atoms with van der Waals surface area (Å²) in [6, 6.07) is 13.8. The van der Waals surface area contributed by atoms with Gasteiger partial charge in [0, 0.05) is 42.3 Å². The van der Waals surface area contributed by atoms with E-state index in [-0.39, 0.29) is 30.6 Å². The maximum Gasteiger partial charge on any atom is 0.228 e. The van der Waals surface area contributed by atoms with E-state index in [0.29, 0.717) is 12.1 Å². The Bertz CT molecular complexity index is 812. The van der Waals surface area contributed by atoms with Crippen molar-refractivity contribution < 1.29 is 14.0 Å². The highest BCUT2D eigenvalue weighted by Crippen LogP contribution is 2.28. The number of carbonyl (C=O) groups is 2. The summed E-state index contributed by atoms with van der Waals surface area (Å²) in [6.45, 7) is 0.531. The smallest absolute Gasteiger partial charge is 0.228 e. The Morgan fingerprint density at radius 2 is 2.04 bits per heavy atom. The second-order valence-electron chi connectivity index (χ2n) is 6.17. The summed E-state index contributed by atoms with van der Waals surface area (Å²) >= 11 is 3.39. The number of hydrogen-bond acceptors (Lipinski definition) is 2. The Labute approximate surface area is 154 Å². The van der Waals surface area contributed by atoms with Gasteiger partial charge in [-0.1, -0.05) is 40.2 Å². The number of halogens is 2. The molecule has 25 heavy (non-hydrogen) atoms. The van der Waals surface area contributed by atoms with E-state index in [1.165, 1.54) is 11.0 Å². The maximum absolute atomic E-state index is 13.8. The standard InChI is InChI=1S/C19H18BrFN2O2/c1-22(11-13-5-2-3-8-17(13)21)19(25)14-9-18(24)23(12-14)16-7-4-6-15(20)10-16/h2-8,10,14H,9,11-12H2,1H3. The van der Waals surface area contributed by atoms with Crippen molar-refractivity contribution in [1.29, 1.82) is 0 Å². The van der Waals surface area contributed by atoms with E-state index in [1.807, 2.05) is 24.3 Å². The van der Waals surface area contributed by atoms with Crippen molar-refractivity contribution in [1.82, 2.24) is 4.90 Å². The summed E-state index contributed by atoms with van der Waals surface area (Å²) in [5.74, 6) is -0.964. The lowest BCUT2D eigenvalue weighted by molar-refractivity contribution is -0.135. The molecule has 0 radical (unpaired) electrons. The Hall–Kier alpha value is -2.21. The molecule has 2 amide bonds. The van der Waals surface area contributed by atoms with E-state index in [4.69, 9.17) is 0 Å². The third-order valence-corrected chi connectivity index (χ3v) is 4.83. The molecule has 2 aromatic rings. The van der Waals surface area contributed by atoms with E-state index in [0.717, 1.165) is 10.2 Å². The van der Waals surface area contributed by atoms with Crippen molar-refractivity contribution >= 4 is 33.4 Å². The second-order valence-corrected chi connectivity index (χ2v) is 7.09. The van der Waals surface area contributed by atoms with E-state index < -0.39 is 5.92 Å². The molecule has 0 N–H and O–H groups in total. The third kappa shape index (κ3) is 3.90. The molecule has 6 heteroatoms. The first-order chi connectivity index (χ1) is 12.0. The van der Waals surface area contributed by atoms with Crippen molar-refractivity contribution in [3.63, 3.8) is 0 Å². The Kier molecular flexibility index (Phi) is 5.18. The van der Waals surface area contributed by atoms with Crippen LogP contribution in [-0.2, 0) is 16.1 Å².